The Morgan fingerprint density at radius 1 is 0.836 bits per heavy atom. The quantitative estimate of drug-likeness (QED) is 0.0494. The molecule has 4 bridgehead atoms. The molecule has 2 unspecified atom stereocenters. The van der Waals surface area contributed by atoms with Gasteiger partial charge in [-0.3, -0.25) is 19.2 Å². The van der Waals surface area contributed by atoms with Gasteiger partial charge in [0.1, 0.15) is 34.8 Å². The number of carbonyl (C=O) groups excluding carboxylic acids is 6. The number of aliphatic carboxylic acids is 1. The highest BCUT2D eigenvalue weighted by Gasteiger charge is 2.32. The first-order valence-electron chi connectivity index (χ1n) is 23.6. The number of nitrogens with one attached hydrogen (secondary N) is 4. The van der Waals surface area contributed by atoms with Gasteiger partial charge in [0.15, 0.2) is 0 Å². The SMILES string of the molecule is C/C=C/Cl.CC.CCCCNC(=O)OC(C)(C)C.CN(C(=O)CNC(=O)c1ccc(-c2ccc(Cl)cc2)cc1)C1C(=O)NCC(=O)NC(C(=O)O)Cc2ccc(O)c(c2)-c2cc1ccc2OC(=O)OC(C)(C)C. The van der Waals surface area contributed by atoms with Gasteiger partial charge < -0.3 is 50.6 Å². The third-order valence-corrected chi connectivity index (χ3v) is 10.3. The molecule has 19 heteroatoms. The number of hydrogen-bond acceptors (Lipinski definition) is 11. The fourth-order valence-corrected chi connectivity index (χ4v) is 6.59. The summed E-state index contributed by atoms with van der Waals surface area (Å²) >= 11 is 11.0. The molecule has 5 rings (SSSR count). The number of amides is 5. The van der Waals surface area contributed by atoms with E-state index < -0.39 is 72.1 Å². The van der Waals surface area contributed by atoms with E-state index in [4.69, 9.17) is 37.4 Å². The van der Waals surface area contributed by atoms with Crippen LogP contribution in [0.4, 0.5) is 9.59 Å². The molecule has 73 heavy (non-hydrogen) atoms. The van der Waals surface area contributed by atoms with Gasteiger partial charge in [0.2, 0.25) is 17.7 Å². The molecule has 0 spiro atoms. The van der Waals surface area contributed by atoms with Crippen LogP contribution in [-0.2, 0) is 35.1 Å². The Morgan fingerprint density at radius 2 is 1.42 bits per heavy atom. The van der Waals surface area contributed by atoms with Crippen LogP contribution in [0, 0.1) is 0 Å². The molecule has 0 radical (unpaired) electrons. The van der Waals surface area contributed by atoms with Crippen LogP contribution in [0.5, 0.6) is 11.5 Å². The standard InChI is InChI=1S/C40H39ClN4O10.C9H19NO2.C3H5Cl.C2H6/c1-40(2,3)55-39(53)54-32-16-12-26-19-29(32)28-17-22(5-15-31(28)46)18-30(38(51)52)44-33(47)20-42-37(50)35(26)45(4)34(48)21-43-36(49)25-8-6-23(7-9-25)24-10-13-27(41)14-11-24;1-5-6-7-10-8(11)12-9(2,3)4;1-2-3-4;1-2/h5-17,19,30,35,46H,18,20-21H2,1-4H3,(H,42,50)(H,43,49)(H,44,47)(H,51,52);5-7H2,1-4H3,(H,10,11);2-3H,1H3;1-2H3/b;;3-2+;. The average Bonchev–Trinajstić information content (AvgIpc) is 3.33. The molecule has 0 saturated heterocycles. The van der Waals surface area contributed by atoms with Crippen molar-refractivity contribution >= 4 is 65.0 Å². The monoisotopic (exact) mass is 1050 g/mol. The average molecular weight is 1050 g/mol. The number of halogens is 2. The van der Waals surface area contributed by atoms with Crippen molar-refractivity contribution in [1.29, 1.82) is 0 Å². The number of unbranched alkanes of at least 4 members (excludes halogenated alkanes) is 1. The third-order valence-electron chi connectivity index (χ3n) is 9.83. The zero-order valence-electron chi connectivity index (χ0n) is 43.3. The molecule has 1 heterocycles. The van der Waals surface area contributed by atoms with Crippen LogP contribution in [0.2, 0.25) is 5.02 Å². The van der Waals surface area contributed by atoms with Gasteiger partial charge in [-0.15, -0.1) is 0 Å². The molecule has 6 N–H and O–H groups in total. The van der Waals surface area contributed by atoms with Crippen LogP contribution in [0.1, 0.15) is 110 Å². The Bertz CT molecular complexity index is 2520. The summed E-state index contributed by atoms with van der Waals surface area (Å²) < 4.78 is 15.9. The molecular weight excluding hydrogens is 982 g/mol. The number of carbonyl (C=O) groups is 7. The number of fused-ring (bicyclic) bond motifs is 5. The molecule has 2 atom stereocenters. The fraction of sp³-hybridized carbons (Fsp3) is 0.389. The highest BCUT2D eigenvalue weighted by atomic mass is 35.5. The summed E-state index contributed by atoms with van der Waals surface area (Å²) in [6.07, 6.45) is 2.27. The number of phenols is 1. The summed E-state index contributed by atoms with van der Waals surface area (Å²) in [4.78, 5) is 90.3. The van der Waals surface area contributed by atoms with Crippen LogP contribution in [0.3, 0.4) is 0 Å². The third kappa shape index (κ3) is 21.6. The lowest BCUT2D eigenvalue weighted by molar-refractivity contribution is -0.142. The van der Waals surface area contributed by atoms with E-state index in [1.165, 1.54) is 49.0 Å². The first-order valence-corrected chi connectivity index (χ1v) is 24.4. The maximum absolute atomic E-state index is 13.8. The Labute approximate surface area is 437 Å². The van der Waals surface area contributed by atoms with Gasteiger partial charge in [-0.1, -0.05) is 92.9 Å². The van der Waals surface area contributed by atoms with Crippen molar-refractivity contribution in [2.45, 2.75) is 112 Å². The normalized spacial score (nSPS) is 14.3. The zero-order chi connectivity index (χ0) is 55.1. The van der Waals surface area contributed by atoms with Gasteiger partial charge in [0.05, 0.1) is 13.1 Å². The van der Waals surface area contributed by atoms with Crippen LogP contribution in [-0.4, -0.2) is 101 Å². The minimum Gasteiger partial charge on any atom is -0.507 e. The summed E-state index contributed by atoms with van der Waals surface area (Å²) in [5.74, 6) is -4.59. The molecule has 0 aromatic heterocycles. The second kappa shape index (κ2) is 30.0. The Balaban J connectivity index is 0.000000867. The summed E-state index contributed by atoms with van der Waals surface area (Å²) in [6.45, 7) is 18.0. The first kappa shape index (κ1) is 62.0. The lowest BCUT2D eigenvalue weighted by atomic mass is 9.94. The fourth-order valence-electron chi connectivity index (χ4n) is 6.46. The van der Waals surface area contributed by atoms with Crippen molar-refractivity contribution in [3.63, 3.8) is 0 Å². The van der Waals surface area contributed by atoms with E-state index >= 15 is 0 Å². The predicted octanol–water partition coefficient (Wildman–Crippen LogP) is 9.96. The molecule has 0 fully saturated rings. The minimum atomic E-state index is -1.44. The highest BCUT2D eigenvalue weighted by molar-refractivity contribution is 6.30. The number of likely N-dealkylation sites (N-methyl/N-ethyl adjacent to an activating group) is 1. The molecule has 1 aliphatic rings. The number of carboxylic acids is 1. The predicted molar refractivity (Wildman–Crippen MR) is 283 cm³/mol. The number of phenolic OH excluding ortho intramolecular Hbond substituents is 1. The van der Waals surface area contributed by atoms with Crippen molar-refractivity contribution in [3.8, 4) is 33.8 Å². The van der Waals surface area contributed by atoms with Crippen LogP contribution >= 0.6 is 23.2 Å². The second-order valence-electron chi connectivity index (χ2n) is 18.0. The number of alkyl carbamates (subject to hydrolysis) is 1. The number of hydrogen-bond donors (Lipinski definition) is 6. The molecular formula is C54H69Cl2N5O12. The molecule has 396 valence electrons. The summed E-state index contributed by atoms with van der Waals surface area (Å²) in [5.41, 5.74) is 2.95. The summed E-state index contributed by atoms with van der Waals surface area (Å²) in [6, 6.07) is 19.5. The van der Waals surface area contributed by atoms with E-state index in [9.17, 15) is 43.8 Å². The van der Waals surface area contributed by atoms with Crippen molar-refractivity contribution in [2.75, 3.05) is 26.7 Å². The van der Waals surface area contributed by atoms with E-state index in [-0.39, 0.29) is 46.3 Å². The molecule has 5 amide bonds. The van der Waals surface area contributed by atoms with Gasteiger partial charge in [0.25, 0.3) is 5.91 Å². The largest absolute Gasteiger partial charge is 0.514 e. The van der Waals surface area contributed by atoms with Crippen molar-refractivity contribution in [3.05, 3.63) is 118 Å². The number of benzene rings is 4. The molecule has 0 aliphatic carbocycles. The van der Waals surface area contributed by atoms with Crippen LogP contribution < -0.4 is 26.0 Å². The van der Waals surface area contributed by atoms with Crippen molar-refractivity contribution < 1.29 is 58.0 Å². The van der Waals surface area contributed by atoms with Crippen LogP contribution in [0.25, 0.3) is 22.3 Å². The molecule has 4 aromatic carbocycles. The first-order chi connectivity index (χ1) is 34.4. The van der Waals surface area contributed by atoms with E-state index in [2.05, 4.69) is 28.2 Å². The van der Waals surface area contributed by atoms with Gasteiger partial charge in [-0.2, -0.15) is 0 Å². The Hall–Kier alpha value is -7.11. The maximum atomic E-state index is 13.8. The molecule has 0 saturated carbocycles. The van der Waals surface area contributed by atoms with Gasteiger partial charge in [-0.05, 0) is 131 Å². The van der Waals surface area contributed by atoms with Crippen LogP contribution in [0.15, 0.2) is 96.5 Å². The number of allylic oxidation sites excluding steroid dienone is 1. The number of aromatic hydroxyl groups is 1. The summed E-state index contributed by atoms with van der Waals surface area (Å²) in [5, 5.41) is 31.5. The van der Waals surface area contributed by atoms with E-state index in [1.54, 1.807) is 63.2 Å². The van der Waals surface area contributed by atoms with Gasteiger partial charge in [-0.25, -0.2) is 14.4 Å². The lowest BCUT2D eigenvalue weighted by Crippen LogP contribution is -2.49. The molecule has 17 nitrogen and oxygen atoms in total. The Morgan fingerprint density at radius 3 is 1.97 bits per heavy atom. The molecule has 4 aromatic rings. The van der Waals surface area contributed by atoms with Gasteiger partial charge in [0, 0.05) is 41.7 Å². The minimum absolute atomic E-state index is 0.0805. The maximum Gasteiger partial charge on any atom is 0.514 e. The zero-order valence-corrected chi connectivity index (χ0v) is 44.8. The number of rotatable bonds is 10. The number of carboxylic acid groups (broad SMARTS) is 1. The van der Waals surface area contributed by atoms with Gasteiger partial charge >= 0.3 is 18.2 Å². The van der Waals surface area contributed by atoms with Crippen molar-refractivity contribution in [2.24, 2.45) is 0 Å². The molecule has 1 aliphatic heterocycles. The lowest BCUT2D eigenvalue weighted by Gasteiger charge is -2.29. The van der Waals surface area contributed by atoms with E-state index in [0.29, 0.717) is 17.1 Å². The van der Waals surface area contributed by atoms with Crippen molar-refractivity contribution in [1.82, 2.24) is 26.2 Å². The Kier molecular flexibility index (Phi) is 25.5. The van der Waals surface area contributed by atoms with E-state index in [1.807, 2.05) is 53.7 Å². The van der Waals surface area contributed by atoms with E-state index in [0.717, 1.165) is 28.9 Å². The number of ether oxygens (including phenoxy) is 3. The smallest absolute Gasteiger partial charge is 0.507 e. The summed E-state index contributed by atoms with van der Waals surface area (Å²) in [7, 11) is 1.33. The second-order valence-corrected chi connectivity index (χ2v) is 18.7. The number of nitrogens with zero attached hydrogens (tertiary/aromatic N) is 1. The topological polar surface area (TPSA) is 239 Å². The highest BCUT2D eigenvalue weighted by Crippen LogP contribution is 2.40.